The van der Waals surface area contributed by atoms with Crippen LogP contribution in [0.25, 0.3) is 0 Å². The van der Waals surface area contributed by atoms with E-state index in [1.54, 1.807) is 0 Å². The maximum absolute atomic E-state index is 11.1. The normalized spacial score (nSPS) is 19.2. The number of hydrogen-bond acceptors (Lipinski definition) is 5. The van der Waals surface area contributed by atoms with Gasteiger partial charge in [0.1, 0.15) is 17.5 Å². The number of amides is 1. The first-order chi connectivity index (χ1) is 9.08. The van der Waals surface area contributed by atoms with Crippen LogP contribution in [-0.4, -0.2) is 35.5 Å². The van der Waals surface area contributed by atoms with Gasteiger partial charge in [-0.2, -0.15) is 0 Å². The average molecular weight is 263 g/mol. The smallest absolute Gasteiger partial charge is 0.220 e. The average Bonchev–Trinajstić information content (AvgIpc) is 2.41. The molecule has 0 bridgehead atoms. The minimum atomic E-state index is 0.125. The summed E-state index contributed by atoms with van der Waals surface area (Å²) in [6.45, 7) is 4.79. The zero-order valence-corrected chi connectivity index (χ0v) is 11.7. The lowest BCUT2D eigenvalue weighted by Gasteiger charge is -2.24. The Labute approximate surface area is 113 Å². The quantitative estimate of drug-likeness (QED) is 0.764. The van der Waals surface area contributed by atoms with Gasteiger partial charge in [0, 0.05) is 38.0 Å². The summed E-state index contributed by atoms with van der Waals surface area (Å²) in [7, 11) is 1.84. The van der Waals surface area contributed by atoms with E-state index in [-0.39, 0.29) is 17.9 Å². The molecule has 104 valence electrons. The van der Waals surface area contributed by atoms with Crippen LogP contribution in [0.2, 0.25) is 0 Å². The molecule has 1 unspecified atom stereocenters. The fourth-order valence-electron chi connectivity index (χ4n) is 1.99. The molecule has 1 aliphatic rings. The Morgan fingerprint density at radius 1 is 1.37 bits per heavy atom. The lowest BCUT2D eigenvalue weighted by atomic mass is 10.1. The standard InChI is InChI=1S/C13H21N5O/c1-8(2)13-17-10(14-3)6-11(18-13)16-9-4-5-12(19)15-7-9/h6,8-9H,4-5,7H2,1-3H3,(H,15,19)(H2,14,16,17,18). The highest BCUT2D eigenvalue weighted by atomic mass is 16.1. The molecular formula is C13H21N5O. The predicted molar refractivity (Wildman–Crippen MR) is 75.3 cm³/mol. The van der Waals surface area contributed by atoms with Crippen molar-refractivity contribution in [1.29, 1.82) is 0 Å². The third kappa shape index (κ3) is 3.56. The molecule has 0 saturated carbocycles. The number of carbonyl (C=O) groups excluding carboxylic acids is 1. The summed E-state index contributed by atoms with van der Waals surface area (Å²) in [5.74, 6) is 2.83. The number of rotatable bonds is 4. The van der Waals surface area contributed by atoms with E-state index in [4.69, 9.17) is 0 Å². The number of carbonyl (C=O) groups is 1. The Morgan fingerprint density at radius 2 is 2.11 bits per heavy atom. The minimum absolute atomic E-state index is 0.125. The van der Waals surface area contributed by atoms with Gasteiger partial charge in [0.05, 0.1) is 0 Å². The Bertz CT molecular complexity index is 450. The van der Waals surface area contributed by atoms with E-state index in [0.29, 0.717) is 13.0 Å². The van der Waals surface area contributed by atoms with Gasteiger partial charge in [-0.3, -0.25) is 4.79 Å². The van der Waals surface area contributed by atoms with Gasteiger partial charge in [-0.15, -0.1) is 0 Å². The van der Waals surface area contributed by atoms with E-state index in [2.05, 4.69) is 39.8 Å². The summed E-state index contributed by atoms with van der Waals surface area (Å²) in [5.41, 5.74) is 0. The van der Waals surface area contributed by atoms with E-state index in [0.717, 1.165) is 23.9 Å². The van der Waals surface area contributed by atoms with Gasteiger partial charge in [0.25, 0.3) is 0 Å². The molecule has 2 rings (SSSR count). The molecule has 0 aromatic carbocycles. The molecule has 6 nitrogen and oxygen atoms in total. The van der Waals surface area contributed by atoms with Crippen LogP contribution in [0.3, 0.4) is 0 Å². The van der Waals surface area contributed by atoms with Crippen LogP contribution in [0.5, 0.6) is 0 Å². The first kappa shape index (κ1) is 13.6. The van der Waals surface area contributed by atoms with Crippen molar-refractivity contribution >= 4 is 17.5 Å². The molecule has 19 heavy (non-hydrogen) atoms. The fourth-order valence-corrected chi connectivity index (χ4v) is 1.99. The van der Waals surface area contributed by atoms with E-state index in [1.807, 2.05) is 13.1 Å². The molecule has 1 saturated heterocycles. The van der Waals surface area contributed by atoms with Gasteiger partial charge in [-0.1, -0.05) is 13.8 Å². The maximum Gasteiger partial charge on any atom is 0.220 e. The number of anilines is 2. The molecule has 0 aliphatic carbocycles. The molecule has 1 fully saturated rings. The molecule has 0 radical (unpaired) electrons. The molecule has 1 aromatic heterocycles. The monoisotopic (exact) mass is 263 g/mol. The van der Waals surface area contributed by atoms with E-state index >= 15 is 0 Å². The molecule has 2 heterocycles. The van der Waals surface area contributed by atoms with Crippen molar-refractivity contribution in [2.75, 3.05) is 24.2 Å². The molecule has 6 heteroatoms. The van der Waals surface area contributed by atoms with Crippen molar-refractivity contribution in [3.63, 3.8) is 0 Å². The fraction of sp³-hybridized carbons (Fsp3) is 0.615. The Morgan fingerprint density at radius 3 is 2.68 bits per heavy atom. The van der Waals surface area contributed by atoms with Gasteiger partial charge in [0.2, 0.25) is 5.91 Å². The Balaban J connectivity index is 2.10. The molecule has 3 N–H and O–H groups in total. The number of nitrogens with zero attached hydrogens (tertiary/aromatic N) is 2. The van der Waals surface area contributed by atoms with Crippen LogP contribution in [0, 0.1) is 0 Å². The summed E-state index contributed by atoms with van der Waals surface area (Å²) < 4.78 is 0. The molecule has 0 spiro atoms. The second-order valence-corrected chi connectivity index (χ2v) is 5.09. The summed E-state index contributed by atoms with van der Waals surface area (Å²) in [6.07, 6.45) is 1.40. The van der Waals surface area contributed by atoms with E-state index in [9.17, 15) is 4.79 Å². The first-order valence-electron chi connectivity index (χ1n) is 6.68. The van der Waals surface area contributed by atoms with Gasteiger partial charge in [-0.25, -0.2) is 9.97 Å². The highest BCUT2D eigenvalue weighted by Crippen LogP contribution is 2.18. The summed E-state index contributed by atoms with van der Waals surface area (Å²) in [6, 6.07) is 2.12. The maximum atomic E-state index is 11.1. The van der Waals surface area contributed by atoms with Crippen LogP contribution < -0.4 is 16.0 Å². The van der Waals surface area contributed by atoms with Crippen LogP contribution in [0.4, 0.5) is 11.6 Å². The SMILES string of the molecule is CNc1cc(NC2CCC(=O)NC2)nc(C(C)C)n1. The van der Waals surface area contributed by atoms with Crippen molar-refractivity contribution < 1.29 is 4.79 Å². The second-order valence-electron chi connectivity index (χ2n) is 5.09. The van der Waals surface area contributed by atoms with E-state index in [1.165, 1.54) is 0 Å². The lowest BCUT2D eigenvalue weighted by molar-refractivity contribution is -0.122. The van der Waals surface area contributed by atoms with Crippen LogP contribution in [-0.2, 0) is 4.79 Å². The van der Waals surface area contributed by atoms with Gasteiger partial charge in [0.15, 0.2) is 0 Å². The van der Waals surface area contributed by atoms with Crippen molar-refractivity contribution in [2.24, 2.45) is 0 Å². The first-order valence-corrected chi connectivity index (χ1v) is 6.68. The lowest BCUT2D eigenvalue weighted by Crippen LogP contribution is -2.42. The number of nitrogens with one attached hydrogen (secondary N) is 3. The van der Waals surface area contributed by atoms with Crippen molar-refractivity contribution in [3.8, 4) is 0 Å². The van der Waals surface area contributed by atoms with Crippen LogP contribution in [0.1, 0.15) is 38.4 Å². The topological polar surface area (TPSA) is 78.9 Å². The number of aromatic nitrogens is 2. The predicted octanol–water partition coefficient (Wildman–Crippen LogP) is 1.33. The molecule has 1 aromatic rings. The Hall–Kier alpha value is -1.85. The largest absolute Gasteiger partial charge is 0.373 e. The molecule has 1 amide bonds. The van der Waals surface area contributed by atoms with Crippen LogP contribution >= 0.6 is 0 Å². The van der Waals surface area contributed by atoms with Crippen molar-refractivity contribution in [1.82, 2.24) is 15.3 Å². The highest BCUT2D eigenvalue weighted by Gasteiger charge is 2.18. The minimum Gasteiger partial charge on any atom is -0.373 e. The molecular weight excluding hydrogens is 242 g/mol. The Kier molecular flexibility index (Phi) is 4.19. The van der Waals surface area contributed by atoms with Crippen LogP contribution in [0.15, 0.2) is 6.07 Å². The third-order valence-corrected chi connectivity index (χ3v) is 3.13. The van der Waals surface area contributed by atoms with E-state index < -0.39 is 0 Å². The number of hydrogen-bond donors (Lipinski definition) is 3. The third-order valence-electron chi connectivity index (χ3n) is 3.13. The molecule has 1 atom stereocenters. The molecule has 1 aliphatic heterocycles. The summed E-state index contributed by atoms with van der Waals surface area (Å²) in [4.78, 5) is 20.1. The zero-order valence-electron chi connectivity index (χ0n) is 11.7. The van der Waals surface area contributed by atoms with Gasteiger partial charge < -0.3 is 16.0 Å². The number of piperidine rings is 1. The van der Waals surface area contributed by atoms with Gasteiger partial charge >= 0.3 is 0 Å². The van der Waals surface area contributed by atoms with Crippen molar-refractivity contribution in [3.05, 3.63) is 11.9 Å². The summed E-state index contributed by atoms with van der Waals surface area (Å²) in [5, 5.41) is 9.27. The second kappa shape index (κ2) is 5.86. The van der Waals surface area contributed by atoms with Gasteiger partial charge in [-0.05, 0) is 6.42 Å². The highest BCUT2D eigenvalue weighted by molar-refractivity contribution is 5.77. The van der Waals surface area contributed by atoms with Crippen molar-refractivity contribution in [2.45, 2.75) is 38.6 Å². The summed E-state index contributed by atoms with van der Waals surface area (Å²) >= 11 is 0. The zero-order chi connectivity index (χ0) is 13.8.